The maximum absolute atomic E-state index is 13.4. The zero-order chi connectivity index (χ0) is 19.2. The molecule has 0 atom stereocenters. The van der Waals surface area contributed by atoms with Crippen LogP contribution in [-0.4, -0.2) is 57.3 Å². The number of alkyl halides is 3. The van der Waals surface area contributed by atoms with Crippen LogP contribution in [0.4, 0.5) is 17.6 Å². The highest BCUT2D eigenvalue weighted by Gasteiger charge is 2.44. The zero-order valence-corrected chi connectivity index (χ0v) is 15.2. The molecule has 1 aromatic rings. The fourth-order valence-corrected chi connectivity index (χ4v) is 2.95. The molecular formula is C18H26F4N4. The number of benzene rings is 1. The average molecular weight is 374 g/mol. The highest BCUT2D eigenvalue weighted by molar-refractivity contribution is 5.79. The summed E-state index contributed by atoms with van der Waals surface area (Å²) in [6.45, 7) is 0.603. The van der Waals surface area contributed by atoms with Crippen LogP contribution in [0.2, 0.25) is 0 Å². The molecule has 0 heterocycles. The molecule has 1 aliphatic carbocycles. The summed E-state index contributed by atoms with van der Waals surface area (Å²) in [5, 5.41) is 6.35. The van der Waals surface area contributed by atoms with Gasteiger partial charge in [-0.3, -0.25) is 9.89 Å². The molecule has 0 unspecified atom stereocenters. The van der Waals surface area contributed by atoms with Crippen LogP contribution in [0.25, 0.3) is 0 Å². The second-order valence-corrected chi connectivity index (χ2v) is 6.85. The van der Waals surface area contributed by atoms with Crippen LogP contribution in [0.3, 0.4) is 0 Å². The Bertz CT molecular complexity index is 611. The Morgan fingerprint density at radius 1 is 1.27 bits per heavy atom. The Morgan fingerprint density at radius 2 is 2.00 bits per heavy atom. The number of aliphatic imine (C=N–C) groups is 1. The van der Waals surface area contributed by atoms with E-state index in [0.29, 0.717) is 32.0 Å². The molecule has 0 saturated heterocycles. The molecule has 0 aromatic heterocycles. The zero-order valence-electron chi connectivity index (χ0n) is 15.2. The molecule has 0 bridgehead atoms. The van der Waals surface area contributed by atoms with Crippen LogP contribution in [-0.2, 0) is 5.41 Å². The molecule has 146 valence electrons. The standard InChI is InChI=1S/C18H26F4N4/c1-23-16(24-9-4-10-26(2)13-18(20,21)22)25-12-17(7-8-17)14-5-3-6-15(19)11-14/h3,5-6,11H,4,7-10,12-13H2,1-2H3,(H2,23,24,25). The van der Waals surface area contributed by atoms with Crippen molar-refractivity contribution < 1.29 is 17.6 Å². The van der Waals surface area contributed by atoms with E-state index in [4.69, 9.17) is 0 Å². The highest BCUT2D eigenvalue weighted by atomic mass is 19.4. The quantitative estimate of drug-likeness (QED) is 0.318. The third-order valence-electron chi connectivity index (χ3n) is 4.57. The first-order valence-electron chi connectivity index (χ1n) is 8.70. The van der Waals surface area contributed by atoms with E-state index in [2.05, 4.69) is 15.6 Å². The van der Waals surface area contributed by atoms with Gasteiger partial charge in [-0.25, -0.2) is 4.39 Å². The molecule has 26 heavy (non-hydrogen) atoms. The summed E-state index contributed by atoms with van der Waals surface area (Å²) in [6, 6.07) is 6.66. The van der Waals surface area contributed by atoms with E-state index in [1.165, 1.54) is 18.0 Å². The number of rotatable bonds is 8. The topological polar surface area (TPSA) is 39.7 Å². The minimum absolute atomic E-state index is 0.0629. The minimum Gasteiger partial charge on any atom is -0.356 e. The minimum atomic E-state index is -4.17. The fourth-order valence-electron chi connectivity index (χ4n) is 2.95. The lowest BCUT2D eigenvalue weighted by Crippen LogP contribution is -2.42. The largest absolute Gasteiger partial charge is 0.401 e. The van der Waals surface area contributed by atoms with Crippen LogP contribution >= 0.6 is 0 Å². The van der Waals surface area contributed by atoms with E-state index in [9.17, 15) is 17.6 Å². The maximum Gasteiger partial charge on any atom is 0.401 e. The van der Waals surface area contributed by atoms with E-state index >= 15 is 0 Å². The van der Waals surface area contributed by atoms with Gasteiger partial charge in [-0.1, -0.05) is 12.1 Å². The number of nitrogens with one attached hydrogen (secondary N) is 2. The summed E-state index contributed by atoms with van der Waals surface area (Å²) in [4.78, 5) is 5.38. The Balaban J connectivity index is 1.72. The first-order valence-corrected chi connectivity index (χ1v) is 8.70. The Labute approximate surface area is 151 Å². The molecule has 0 radical (unpaired) electrons. The number of guanidine groups is 1. The van der Waals surface area contributed by atoms with Crippen molar-refractivity contribution in [3.63, 3.8) is 0 Å². The summed E-state index contributed by atoms with van der Waals surface area (Å²) in [7, 11) is 3.10. The van der Waals surface area contributed by atoms with Crippen molar-refractivity contribution in [2.75, 3.05) is 40.3 Å². The second-order valence-electron chi connectivity index (χ2n) is 6.85. The average Bonchev–Trinajstić information content (AvgIpc) is 3.34. The predicted molar refractivity (Wildman–Crippen MR) is 94.8 cm³/mol. The van der Waals surface area contributed by atoms with Gasteiger partial charge in [-0.2, -0.15) is 13.2 Å². The van der Waals surface area contributed by atoms with E-state index < -0.39 is 12.7 Å². The highest BCUT2D eigenvalue weighted by Crippen LogP contribution is 2.47. The number of nitrogens with zero attached hydrogens (tertiary/aromatic N) is 2. The molecule has 1 aliphatic rings. The third-order valence-corrected chi connectivity index (χ3v) is 4.57. The van der Waals surface area contributed by atoms with Gasteiger partial charge in [-0.15, -0.1) is 0 Å². The van der Waals surface area contributed by atoms with Crippen LogP contribution in [0.5, 0.6) is 0 Å². The van der Waals surface area contributed by atoms with Gasteiger partial charge in [0.1, 0.15) is 5.82 Å². The van der Waals surface area contributed by atoms with Gasteiger partial charge in [0.2, 0.25) is 0 Å². The lowest BCUT2D eigenvalue weighted by Gasteiger charge is -2.20. The van der Waals surface area contributed by atoms with Crippen LogP contribution in [0.15, 0.2) is 29.3 Å². The molecule has 1 fully saturated rings. The Morgan fingerprint density at radius 3 is 2.58 bits per heavy atom. The van der Waals surface area contributed by atoms with Crippen LogP contribution in [0.1, 0.15) is 24.8 Å². The molecule has 2 N–H and O–H groups in total. The molecule has 0 amide bonds. The normalized spacial score (nSPS) is 16.7. The van der Waals surface area contributed by atoms with Crippen molar-refractivity contribution in [1.82, 2.24) is 15.5 Å². The summed E-state index contributed by atoms with van der Waals surface area (Å²) in [6.07, 6.45) is -1.62. The molecule has 2 rings (SSSR count). The SMILES string of the molecule is CN=C(NCCCN(C)CC(F)(F)F)NCC1(c2cccc(F)c2)CC1. The predicted octanol–water partition coefficient (Wildman–Crippen LogP) is 2.91. The van der Waals surface area contributed by atoms with Crippen molar-refractivity contribution >= 4 is 5.96 Å². The summed E-state index contributed by atoms with van der Waals surface area (Å²) < 4.78 is 50.2. The molecule has 0 aliphatic heterocycles. The number of hydrogen-bond donors (Lipinski definition) is 2. The second kappa shape index (κ2) is 8.70. The van der Waals surface area contributed by atoms with E-state index in [1.54, 1.807) is 19.2 Å². The van der Waals surface area contributed by atoms with Gasteiger partial charge in [0.25, 0.3) is 0 Å². The van der Waals surface area contributed by atoms with Gasteiger partial charge in [-0.05, 0) is 50.6 Å². The monoisotopic (exact) mass is 374 g/mol. The van der Waals surface area contributed by atoms with Crippen LogP contribution < -0.4 is 10.6 Å². The summed E-state index contributed by atoms with van der Waals surface area (Å²) in [5.41, 5.74) is 0.918. The molecular weight excluding hydrogens is 348 g/mol. The van der Waals surface area contributed by atoms with Gasteiger partial charge in [0.15, 0.2) is 5.96 Å². The smallest absolute Gasteiger partial charge is 0.356 e. The molecule has 1 saturated carbocycles. The van der Waals surface area contributed by atoms with Crippen molar-refractivity contribution in [2.24, 2.45) is 4.99 Å². The number of hydrogen-bond acceptors (Lipinski definition) is 2. The van der Waals surface area contributed by atoms with Crippen molar-refractivity contribution in [3.05, 3.63) is 35.6 Å². The molecule has 1 aromatic carbocycles. The fraction of sp³-hybridized carbons (Fsp3) is 0.611. The Kier molecular flexibility index (Phi) is 6.86. The third kappa shape index (κ3) is 6.48. The van der Waals surface area contributed by atoms with Crippen molar-refractivity contribution in [3.8, 4) is 0 Å². The lowest BCUT2D eigenvalue weighted by molar-refractivity contribution is -0.143. The molecule has 8 heteroatoms. The molecule has 0 spiro atoms. The molecule has 4 nitrogen and oxygen atoms in total. The van der Waals surface area contributed by atoms with E-state index in [-0.39, 0.29) is 11.2 Å². The van der Waals surface area contributed by atoms with Gasteiger partial charge in [0.05, 0.1) is 6.54 Å². The lowest BCUT2D eigenvalue weighted by atomic mass is 9.96. The van der Waals surface area contributed by atoms with Crippen LogP contribution in [0, 0.1) is 5.82 Å². The van der Waals surface area contributed by atoms with Crippen molar-refractivity contribution in [2.45, 2.75) is 30.9 Å². The van der Waals surface area contributed by atoms with Gasteiger partial charge < -0.3 is 10.6 Å². The number of halogens is 4. The van der Waals surface area contributed by atoms with E-state index in [0.717, 1.165) is 18.4 Å². The summed E-state index contributed by atoms with van der Waals surface area (Å²) >= 11 is 0. The first-order chi connectivity index (χ1) is 12.2. The van der Waals surface area contributed by atoms with Crippen molar-refractivity contribution in [1.29, 1.82) is 0 Å². The summed E-state index contributed by atoms with van der Waals surface area (Å²) in [5.74, 6) is 0.366. The van der Waals surface area contributed by atoms with E-state index in [1.807, 2.05) is 6.07 Å². The maximum atomic E-state index is 13.4. The first kappa shape index (κ1) is 20.5. The van der Waals surface area contributed by atoms with Gasteiger partial charge >= 0.3 is 6.18 Å². The Hall–Kier alpha value is -1.83. The van der Waals surface area contributed by atoms with Gasteiger partial charge in [0, 0.05) is 25.6 Å².